The van der Waals surface area contributed by atoms with Crippen molar-refractivity contribution in [2.45, 2.75) is 13.3 Å². The molecule has 1 N–H and O–H groups in total. The van der Waals surface area contributed by atoms with E-state index in [1.54, 1.807) is 30.3 Å². The summed E-state index contributed by atoms with van der Waals surface area (Å²) in [5, 5.41) is 6.71. The molecule has 2 aromatic carbocycles. The zero-order valence-corrected chi connectivity index (χ0v) is 13.4. The first-order valence-electron chi connectivity index (χ1n) is 7.58. The maximum absolute atomic E-state index is 12.4. The maximum Gasteiger partial charge on any atom is 0.259 e. The predicted molar refractivity (Wildman–Crippen MR) is 90.1 cm³/mol. The zero-order chi connectivity index (χ0) is 16.9. The van der Waals surface area contributed by atoms with Crippen LogP contribution < -0.4 is 10.1 Å². The molecule has 6 nitrogen and oxygen atoms in total. The van der Waals surface area contributed by atoms with E-state index in [2.05, 4.69) is 15.5 Å². The van der Waals surface area contributed by atoms with Gasteiger partial charge in [0.05, 0.1) is 12.7 Å². The van der Waals surface area contributed by atoms with Gasteiger partial charge in [-0.2, -0.15) is 4.98 Å². The Morgan fingerprint density at radius 1 is 1.17 bits per heavy atom. The first-order chi connectivity index (χ1) is 11.7. The molecular formula is C18H17N3O3. The van der Waals surface area contributed by atoms with Gasteiger partial charge in [0, 0.05) is 17.7 Å². The minimum atomic E-state index is -0.230. The number of amides is 1. The van der Waals surface area contributed by atoms with Crippen molar-refractivity contribution >= 4 is 11.6 Å². The van der Waals surface area contributed by atoms with E-state index in [4.69, 9.17) is 9.26 Å². The summed E-state index contributed by atoms with van der Waals surface area (Å²) in [5.74, 6) is 1.43. The van der Waals surface area contributed by atoms with Crippen LogP contribution in [0.2, 0.25) is 0 Å². The van der Waals surface area contributed by atoms with Gasteiger partial charge in [0.1, 0.15) is 5.75 Å². The van der Waals surface area contributed by atoms with E-state index in [0.29, 0.717) is 28.7 Å². The summed E-state index contributed by atoms with van der Waals surface area (Å²) >= 11 is 0. The molecule has 1 amide bonds. The maximum atomic E-state index is 12.4. The molecule has 3 aromatic rings. The molecule has 0 atom stereocenters. The standard InChI is InChI=1S/C18H17N3O3/c1-3-16-20-18(24-21-16)12-8-10-13(11-9-12)19-17(22)14-6-4-5-7-15(14)23-2/h4-11H,3H2,1-2H3,(H,19,22). The molecule has 0 aliphatic rings. The third kappa shape index (κ3) is 3.27. The number of carbonyl (C=O) groups is 1. The van der Waals surface area contributed by atoms with Crippen LogP contribution in [0.1, 0.15) is 23.1 Å². The number of hydrogen-bond donors (Lipinski definition) is 1. The first-order valence-corrected chi connectivity index (χ1v) is 7.58. The highest BCUT2D eigenvalue weighted by Crippen LogP contribution is 2.22. The van der Waals surface area contributed by atoms with Crippen molar-refractivity contribution in [3.05, 3.63) is 59.9 Å². The van der Waals surface area contributed by atoms with Gasteiger partial charge in [0.25, 0.3) is 11.8 Å². The van der Waals surface area contributed by atoms with Crippen molar-refractivity contribution in [2.24, 2.45) is 0 Å². The van der Waals surface area contributed by atoms with Crippen molar-refractivity contribution in [1.82, 2.24) is 10.1 Å². The van der Waals surface area contributed by atoms with Crippen LogP contribution in [0.3, 0.4) is 0 Å². The molecule has 0 saturated heterocycles. The smallest absolute Gasteiger partial charge is 0.259 e. The highest BCUT2D eigenvalue weighted by molar-refractivity contribution is 6.06. The average Bonchev–Trinajstić information content (AvgIpc) is 3.11. The first kappa shape index (κ1) is 15.7. The molecule has 24 heavy (non-hydrogen) atoms. The van der Waals surface area contributed by atoms with E-state index in [1.807, 2.05) is 25.1 Å². The van der Waals surface area contributed by atoms with Crippen LogP contribution in [0.15, 0.2) is 53.1 Å². The molecule has 0 fully saturated rings. The fourth-order valence-electron chi connectivity index (χ4n) is 2.24. The second kappa shape index (κ2) is 6.95. The van der Waals surface area contributed by atoms with E-state index in [1.165, 1.54) is 7.11 Å². The number of rotatable bonds is 5. The van der Waals surface area contributed by atoms with Crippen LogP contribution in [0.25, 0.3) is 11.5 Å². The molecule has 0 aliphatic heterocycles. The number of hydrogen-bond acceptors (Lipinski definition) is 5. The quantitative estimate of drug-likeness (QED) is 0.777. The largest absolute Gasteiger partial charge is 0.496 e. The summed E-state index contributed by atoms with van der Waals surface area (Å²) in [4.78, 5) is 16.6. The highest BCUT2D eigenvalue weighted by Gasteiger charge is 2.12. The van der Waals surface area contributed by atoms with Crippen molar-refractivity contribution in [2.75, 3.05) is 12.4 Å². The number of benzene rings is 2. The van der Waals surface area contributed by atoms with Crippen molar-refractivity contribution in [3.8, 4) is 17.2 Å². The average molecular weight is 323 g/mol. The molecule has 6 heteroatoms. The third-order valence-electron chi connectivity index (χ3n) is 3.53. The molecule has 0 aliphatic carbocycles. The van der Waals surface area contributed by atoms with Gasteiger partial charge in [0.2, 0.25) is 0 Å². The lowest BCUT2D eigenvalue weighted by molar-refractivity contribution is 0.102. The van der Waals surface area contributed by atoms with Gasteiger partial charge in [-0.25, -0.2) is 0 Å². The Kier molecular flexibility index (Phi) is 4.56. The Labute approximate surface area is 139 Å². The van der Waals surface area contributed by atoms with Crippen molar-refractivity contribution in [3.63, 3.8) is 0 Å². The molecule has 0 unspecified atom stereocenters. The van der Waals surface area contributed by atoms with E-state index in [-0.39, 0.29) is 5.91 Å². The van der Waals surface area contributed by atoms with Crippen LogP contribution in [0, 0.1) is 0 Å². The molecule has 1 aromatic heterocycles. The Morgan fingerprint density at radius 3 is 2.58 bits per heavy atom. The Morgan fingerprint density at radius 2 is 1.92 bits per heavy atom. The Balaban J connectivity index is 1.75. The number of carbonyl (C=O) groups excluding carboxylic acids is 1. The lowest BCUT2D eigenvalue weighted by Crippen LogP contribution is -2.12. The number of nitrogens with one attached hydrogen (secondary N) is 1. The van der Waals surface area contributed by atoms with Crippen molar-refractivity contribution < 1.29 is 14.1 Å². The molecule has 0 saturated carbocycles. The normalized spacial score (nSPS) is 10.4. The van der Waals surface area contributed by atoms with E-state index in [9.17, 15) is 4.79 Å². The lowest BCUT2D eigenvalue weighted by Gasteiger charge is -2.09. The second-order valence-electron chi connectivity index (χ2n) is 5.10. The van der Waals surface area contributed by atoms with Crippen LogP contribution in [-0.2, 0) is 6.42 Å². The second-order valence-corrected chi connectivity index (χ2v) is 5.10. The summed E-state index contributed by atoms with van der Waals surface area (Å²) in [5.41, 5.74) is 1.95. The topological polar surface area (TPSA) is 77.2 Å². The summed E-state index contributed by atoms with van der Waals surface area (Å²) in [7, 11) is 1.54. The Hall–Kier alpha value is -3.15. The monoisotopic (exact) mass is 323 g/mol. The van der Waals surface area contributed by atoms with Crippen molar-refractivity contribution in [1.29, 1.82) is 0 Å². The minimum absolute atomic E-state index is 0.230. The van der Waals surface area contributed by atoms with Gasteiger partial charge in [-0.1, -0.05) is 24.2 Å². The number of para-hydroxylation sites is 1. The molecule has 0 bridgehead atoms. The molecular weight excluding hydrogens is 306 g/mol. The van der Waals surface area contributed by atoms with Gasteiger partial charge in [-0.15, -0.1) is 0 Å². The number of aromatic nitrogens is 2. The minimum Gasteiger partial charge on any atom is -0.496 e. The highest BCUT2D eigenvalue weighted by atomic mass is 16.5. The fraction of sp³-hybridized carbons (Fsp3) is 0.167. The summed E-state index contributed by atoms with van der Waals surface area (Å²) < 4.78 is 10.4. The van der Waals surface area contributed by atoms with Gasteiger partial charge in [0.15, 0.2) is 5.82 Å². The van der Waals surface area contributed by atoms with Gasteiger partial charge >= 0.3 is 0 Å². The fourth-order valence-corrected chi connectivity index (χ4v) is 2.24. The van der Waals surface area contributed by atoms with Crippen LogP contribution in [0.5, 0.6) is 5.75 Å². The number of methoxy groups -OCH3 is 1. The molecule has 0 spiro atoms. The van der Waals surface area contributed by atoms with E-state index >= 15 is 0 Å². The molecule has 122 valence electrons. The Bertz CT molecular complexity index is 841. The number of ether oxygens (including phenoxy) is 1. The SMILES string of the molecule is CCc1noc(-c2ccc(NC(=O)c3ccccc3OC)cc2)n1. The molecule has 0 radical (unpaired) electrons. The molecule has 3 rings (SSSR count). The zero-order valence-electron chi connectivity index (χ0n) is 13.4. The predicted octanol–water partition coefficient (Wildman–Crippen LogP) is 3.56. The van der Waals surface area contributed by atoms with Crippen LogP contribution in [-0.4, -0.2) is 23.2 Å². The van der Waals surface area contributed by atoms with E-state index < -0.39 is 0 Å². The third-order valence-corrected chi connectivity index (χ3v) is 3.53. The van der Waals surface area contributed by atoms with Gasteiger partial charge < -0.3 is 14.6 Å². The van der Waals surface area contributed by atoms with Gasteiger partial charge in [-0.05, 0) is 36.4 Å². The van der Waals surface area contributed by atoms with E-state index in [0.717, 1.165) is 12.0 Å². The van der Waals surface area contributed by atoms with Crippen LogP contribution >= 0.6 is 0 Å². The lowest BCUT2D eigenvalue weighted by atomic mass is 10.1. The number of nitrogens with zero attached hydrogens (tertiary/aromatic N) is 2. The number of aryl methyl sites for hydroxylation is 1. The van der Waals surface area contributed by atoms with Crippen LogP contribution in [0.4, 0.5) is 5.69 Å². The summed E-state index contributed by atoms with van der Waals surface area (Å²) in [6.07, 6.45) is 0.719. The summed E-state index contributed by atoms with van der Waals surface area (Å²) in [6.45, 7) is 1.96. The summed E-state index contributed by atoms with van der Waals surface area (Å²) in [6, 6.07) is 14.3. The van der Waals surface area contributed by atoms with Gasteiger partial charge in [-0.3, -0.25) is 4.79 Å². The molecule has 1 heterocycles. The number of anilines is 1.